The molecule has 0 bridgehead atoms. The minimum absolute atomic E-state index is 0.0388. The van der Waals surface area contributed by atoms with Crippen LogP contribution in [-0.2, 0) is 50.3 Å². The van der Waals surface area contributed by atoms with Crippen molar-refractivity contribution in [3.05, 3.63) is 141 Å². The largest absolute Gasteiger partial charge is 0.329 e. The van der Waals surface area contributed by atoms with E-state index in [0.717, 1.165) is 34.4 Å². The lowest BCUT2D eigenvalue weighted by Crippen LogP contribution is -2.49. The van der Waals surface area contributed by atoms with Crippen LogP contribution in [0, 0.1) is 11.6 Å². The zero-order chi connectivity index (χ0) is 49.9. The molecule has 3 atom stereocenters. The molecule has 3 fully saturated rings. The predicted molar refractivity (Wildman–Crippen MR) is 256 cm³/mol. The van der Waals surface area contributed by atoms with Crippen LogP contribution in [0.2, 0.25) is 0 Å². The average Bonchev–Trinajstić information content (AvgIpc) is 3.85. The molecule has 6 heterocycles. The summed E-state index contributed by atoms with van der Waals surface area (Å²) in [5.74, 6) is -1.85. The monoisotopic (exact) mass is 930 g/mol. The Labute approximate surface area is 398 Å². The molecule has 3 aromatic carbocycles. The highest BCUT2D eigenvalue weighted by atomic mass is 19.1. The number of nitrogens with zero attached hydrogens (tertiary/aromatic N) is 3. The van der Waals surface area contributed by atoms with E-state index in [0.29, 0.717) is 85.4 Å². The first kappa shape index (κ1) is 49.5. The zero-order valence-corrected chi connectivity index (χ0v) is 40.8. The van der Waals surface area contributed by atoms with Gasteiger partial charge < -0.3 is 30.7 Å². The summed E-state index contributed by atoms with van der Waals surface area (Å²) in [6.07, 6.45) is 3.79. The van der Waals surface area contributed by atoms with Gasteiger partial charge in [0.15, 0.2) is 0 Å². The predicted octanol–water partition coefficient (Wildman–Crippen LogP) is 8.47. The minimum Gasteiger partial charge on any atom is -0.329 e. The maximum Gasteiger partial charge on any atom is 0.255 e. The Morgan fingerprint density at radius 1 is 0.471 bits per heavy atom. The van der Waals surface area contributed by atoms with Gasteiger partial charge in [-0.25, -0.2) is 8.78 Å². The van der Waals surface area contributed by atoms with Crippen molar-refractivity contribution in [2.75, 3.05) is 0 Å². The number of benzene rings is 3. The van der Waals surface area contributed by atoms with Crippen molar-refractivity contribution in [2.24, 2.45) is 0 Å². The quantitative estimate of drug-likeness (QED) is 0.240. The molecule has 6 aliphatic heterocycles. The van der Waals surface area contributed by atoms with Crippen LogP contribution in [-0.4, -0.2) is 68.3 Å². The smallest absolute Gasteiger partial charge is 0.255 e. The normalized spacial score (nSPS) is 21.6. The van der Waals surface area contributed by atoms with Crippen molar-refractivity contribution < 1.29 is 37.5 Å². The van der Waals surface area contributed by atoms with Gasteiger partial charge in [0.2, 0.25) is 17.7 Å². The average molecular weight is 931 g/mol. The highest BCUT2D eigenvalue weighted by Crippen LogP contribution is 2.37. The number of hydrogen-bond acceptors (Lipinski definition) is 6. The lowest BCUT2D eigenvalue weighted by Gasteiger charge is -2.30. The summed E-state index contributed by atoms with van der Waals surface area (Å²) < 4.78 is 28.7. The lowest BCUT2D eigenvalue weighted by molar-refractivity contribution is -0.127. The second-order valence-electron chi connectivity index (χ2n) is 21.8. The molecule has 3 aromatic rings. The summed E-state index contributed by atoms with van der Waals surface area (Å²) in [6.45, 7) is 30.6. The van der Waals surface area contributed by atoms with Gasteiger partial charge in [0.1, 0.15) is 29.8 Å². The van der Waals surface area contributed by atoms with Crippen LogP contribution in [0.5, 0.6) is 0 Å². The summed E-state index contributed by atoms with van der Waals surface area (Å²) in [5, 5.41) is 8.16. The Balaban J connectivity index is 0.000000151. The van der Waals surface area contributed by atoms with Crippen molar-refractivity contribution in [3.8, 4) is 0 Å². The van der Waals surface area contributed by atoms with E-state index in [1.807, 2.05) is 53.7 Å². The summed E-state index contributed by atoms with van der Waals surface area (Å²) >= 11 is 0. The van der Waals surface area contributed by atoms with Gasteiger partial charge in [0.25, 0.3) is 17.7 Å². The van der Waals surface area contributed by atoms with Crippen LogP contribution >= 0.6 is 0 Å². The van der Waals surface area contributed by atoms with Gasteiger partial charge in [-0.15, -0.1) is 0 Å². The Morgan fingerprint density at radius 3 is 1.10 bits per heavy atom. The molecule has 0 spiro atoms. The van der Waals surface area contributed by atoms with Gasteiger partial charge in [-0.3, -0.25) is 28.8 Å². The number of halogens is 2. The van der Waals surface area contributed by atoms with Crippen LogP contribution < -0.4 is 16.0 Å². The highest BCUT2D eigenvalue weighted by molar-refractivity contribution is 6.03. The first-order valence-electron chi connectivity index (χ1n) is 23.3. The van der Waals surface area contributed by atoms with E-state index in [9.17, 15) is 37.5 Å². The van der Waals surface area contributed by atoms with Gasteiger partial charge in [-0.1, -0.05) is 94.2 Å². The van der Waals surface area contributed by atoms with Gasteiger partial charge >= 0.3 is 0 Å². The molecule has 0 radical (unpaired) electrons. The first-order chi connectivity index (χ1) is 31.6. The number of hydrogen-bond donors (Lipinski definition) is 3. The molecule has 6 amide bonds. The number of allylic oxidation sites excluding steroid dienone is 3. The maximum atomic E-state index is 14.3. The Morgan fingerprint density at radius 2 is 0.794 bits per heavy atom. The molecule has 14 heteroatoms. The van der Waals surface area contributed by atoms with Crippen molar-refractivity contribution in [2.45, 2.75) is 155 Å². The fourth-order valence-corrected chi connectivity index (χ4v) is 9.61. The SMILES string of the molecule is C=C1CCC(N2Cc3cc(C(C)(C)C)c(F)cc3C2=O)C(=O)N1.C=C1CC[C@H](N2Cc3cc(C(C)(C)C)c(F)cc3C2=O)C(=O)N1.C=C1CC[C@H](N2Cc3cc(C(C)(C)C)ccc3C2=O)C(=O)N1. The third kappa shape index (κ3) is 9.91. The summed E-state index contributed by atoms with van der Waals surface area (Å²) in [4.78, 5) is 79.0. The van der Waals surface area contributed by atoms with Crippen molar-refractivity contribution in [1.29, 1.82) is 0 Å². The molecule has 12 nitrogen and oxygen atoms in total. The topological polar surface area (TPSA) is 148 Å². The third-order valence-corrected chi connectivity index (χ3v) is 13.6. The zero-order valence-electron chi connectivity index (χ0n) is 40.8. The molecule has 360 valence electrons. The molecule has 6 aliphatic rings. The number of rotatable bonds is 3. The van der Waals surface area contributed by atoms with E-state index < -0.39 is 12.1 Å². The Bertz CT molecular complexity index is 2560. The number of nitrogens with one attached hydrogen (secondary N) is 3. The molecule has 0 aromatic heterocycles. The molecule has 68 heavy (non-hydrogen) atoms. The summed E-state index contributed by atoms with van der Waals surface area (Å²) in [7, 11) is 0. The molecule has 9 rings (SSSR count). The number of carbonyl (C=O) groups excluding carboxylic acids is 6. The van der Waals surface area contributed by atoms with Gasteiger partial charge in [-0.05, 0) is 118 Å². The second kappa shape index (κ2) is 18.2. The molecular formula is C54H64F2N6O6. The van der Waals surface area contributed by atoms with E-state index in [4.69, 9.17) is 0 Å². The third-order valence-electron chi connectivity index (χ3n) is 13.6. The van der Waals surface area contributed by atoms with Gasteiger partial charge in [0.05, 0.1) is 0 Å². The van der Waals surface area contributed by atoms with Gasteiger partial charge in [-0.2, -0.15) is 0 Å². The van der Waals surface area contributed by atoms with E-state index in [-0.39, 0.29) is 69.4 Å². The van der Waals surface area contributed by atoms with E-state index in [2.05, 4.69) is 62.5 Å². The van der Waals surface area contributed by atoms with Crippen LogP contribution in [0.1, 0.15) is 165 Å². The lowest BCUT2D eigenvalue weighted by atomic mass is 9.85. The van der Waals surface area contributed by atoms with Crippen LogP contribution in [0.25, 0.3) is 0 Å². The second-order valence-corrected chi connectivity index (χ2v) is 21.8. The van der Waals surface area contributed by atoms with Crippen molar-refractivity contribution in [3.63, 3.8) is 0 Å². The number of piperidine rings is 3. The molecule has 1 unspecified atom stereocenters. The van der Waals surface area contributed by atoms with E-state index >= 15 is 0 Å². The first-order valence-corrected chi connectivity index (χ1v) is 23.3. The number of carbonyl (C=O) groups is 6. The van der Waals surface area contributed by atoms with Crippen LogP contribution in [0.15, 0.2) is 79.3 Å². The van der Waals surface area contributed by atoms with Gasteiger partial charge in [0, 0.05) is 53.4 Å². The Kier molecular flexibility index (Phi) is 13.3. The van der Waals surface area contributed by atoms with Crippen molar-refractivity contribution >= 4 is 35.4 Å². The van der Waals surface area contributed by atoms with E-state index in [1.54, 1.807) is 17.0 Å². The molecule has 0 saturated carbocycles. The van der Waals surface area contributed by atoms with Crippen LogP contribution in [0.3, 0.4) is 0 Å². The summed E-state index contributed by atoms with van der Waals surface area (Å²) in [5.41, 5.74) is 7.92. The van der Waals surface area contributed by atoms with E-state index in [1.165, 1.54) is 27.5 Å². The minimum atomic E-state index is -0.512. The maximum absolute atomic E-state index is 14.3. The fourth-order valence-electron chi connectivity index (χ4n) is 9.61. The highest BCUT2D eigenvalue weighted by Gasteiger charge is 2.42. The molecule has 3 saturated heterocycles. The number of amides is 6. The molecule has 0 aliphatic carbocycles. The summed E-state index contributed by atoms with van der Waals surface area (Å²) in [6, 6.07) is 10.8. The van der Waals surface area contributed by atoms with Crippen LogP contribution in [0.4, 0.5) is 8.78 Å². The Hall–Kier alpha value is -6.44. The van der Waals surface area contributed by atoms with Crippen molar-refractivity contribution in [1.82, 2.24) is 30.7 Å². The molecule has 3 N–H and O–H groups in total. The number of fused-ring (bicyclic) bond motifs is 3. The fraction of sp³-hybridized carbons (Fsp3) is 0.444. The molecular weight excluding hydrogens is 867 g/mol. The standard InChI is InChI=1S/2C18H21FN2O2.C18H22N2O2/c2*1-10-5-6-15(16(22)20-10)21-9-11-7-13(18(2,3)4)14(19)8-12(11)17(21)23;1-11-5-8-15(16(21)19-11)20-10-12-9-13(18(2,3)4)6-7-14(12)17(20)22/h2*7-8,15H,1,5-6,9H2,2-4H3,(H,20,22);6-7,9,15H,1,5,8,10H2,2-4H3,(H,19,21)/t15-;;15-/m0.0/s1.